The minimum absolute atomic E-state index is 0.257. The number of carbonyl (C=O) groups is 1. The smallest absolute Gasteiger partial charge is 0.231 e. The molecule has 0 aromatic heterocycles. The lowest BCUT2D eigenvalue weighted by atomic mass is 9.95. The van der Waals surface area contributed by atoms with E-state index in [0.717, 1.165) is 5.25 Å². The minimum Gasteiger partial charge on any atom is -0.369 e. The highest BCUT2D eigenvalue weighted by atomic mass is 32.2. The molecule has 0 unspecified atom stereocenters. The van der Waals surface area contributed by atoms with Crippen LogP contribution < -0.4 is 11.1 Å². The van der Waals surface area contributed by atoms with Crippen molar-refractivity contribution in [2.24, 2.45) is 5.73 Å². The molecule has 0 radical (unpaired) electrons. The lowest BCUT2D eigenvalue weighted by molar-refractivity contribution is -0.117. The van der Waals surface area contributed by atoms with Gasteiger partial charge in [0.25, 0.3) is 0 Å². The molecule has 1 saturated carbocycles. The second-order valence-electron chi connectivity index (χ2n) is 3.56. The first-order valence-corrected chi connectivity index (χ1v) is 6.05. The van der Waals surface area contributed by atoms with E-state index in [1.165, 1.54) is 25.7 Å². The van der Waals surface area contributed by atoms with Crippen molar-refractivity contribution < 1.29 is 4.79 Å². The Morgan fingerprint density at radius 2 is 2.08 bits per heavy atom. The van der Waals surface area contributed by atoms with Crippen LogP contribution in [0.15, 0.2) is 0 Å². The highest BCUT2D eigenvalue weighted by Gasteiger charge is 2.19. The summed E-state index contributed by atoms with van der Waals surface area (Å²) < 4.78 is 0. The van der Waals surface area contributed by atoms with Crippen molar-refractivity contribution in [3.8, 4) is 0 Å². The van der Waals surface area contributed by atoms with Crippen LogP contribution in [0.25, 0.3) is 0 Å². The molecule has 1 rings (SSSR count). The fourth-order valence-electron chi connectivity index (χ4n) is 1.75. The van der Waals surface area contributed by atoms with E-state index in [9.17, 15) is 4.79 Å². The van der Waals surface area contributed by atoms with Gasteiger partial charge in [0.1, 0.15) is 0 Å². The number of nitrogens with one attached hydrogen (secondary N) is 1. The van der Waals surface area contributed by atoms with Crippen molar-refractivity contribution in [2.45, 2.75) is 37.0 Å². The van der Waals surface area contributed by atoms with Crippen LogP contribution in [0.4, 0.5) is 0 Å². The molecule has 3 nitrogen and oxygen atoms in total. The average Bonchev–Trinajstić information content (AvgIpc) is 2.15. The quantitative estimate of drug-likeness (QED) is 0.707. The Bertz CT molecular complexity index is 167. The third-order valence-corrected chi connectivity index (χ3v) is 3.71. The highest BCUT2D eigenvalue weighted by molar-refractivity contribution is 7.99. The van der Waals surface area contributed by atoms with Crippen LogP contribution in [0, 0.1) is 0 Å². The molecular formula is C9H18N2OS. The summed E-state index contributed by atoms with van der Waals surface area (Å²) in [6.07, 6.45) is 7.05. The SMILES string of the molecule is CSC1CCC(NCC(N)=O)CC1. The van der Waals surface area contributed by atoms with Crippen molar-refractivity contribution in [1.29, 1.82) is 0 Å². The first-order chi connectivity index (χ1) is 6.22. The zero-order valence-electron chi connectivity index (χ0n) is 8.08. The van der Waals surface area contributed by atoms with Gasteiger partial charge in [-0.25, -0.2) is 0 Å². The molecular weight excluding hydrogens is 184 g/mol. The van der Waals surface area contributed by atoms with E-state index in [2.05, 4.69) is 11.6 Å². The van der Waals surface area contributed by atoms with Crippen LogP contribution in [-0.4, -0.2) is 30.0 Å². The first-order valence-electron chi connectivity index (χ1n) is 4.77. The largest absolute Gasteiger partial charge is 0.369 e. The van der Waals surface area contributed by atoms with Crippen LogP contribution in [0.2, 0.25) is 0 Å². The zero-order valence-corrected chi connectivity index (χ0v) is 8.90. The van der Waals surface area contributed by atoms with E-state index in [-0.39, 0.29) is 5.91 Å². The maximum Gasteiger partial charge on any atom is 0.231 e. The van der Waals surface area contributed by atoms with Gasteiger partial charge in [0.05, 0.1) is 6.54 Å². The molecule has 76 valence electrons. The number of carbonyl (C=O) groups excluding carboxylic acids is 1. The topological polar surface area (TPSA) is 55.1 Å². The number of hydrogen-bond acceptors (Lipinski definition) is 3. The second kappa shape index (κ2) is 5.50. The van der Waals surface area contributed by atoms with Crippen molar-refractivity contribution in [2.75, 3.05) is 12.8 Å². The number of rotatable bonds is 4. The molecule has 0 heterocycles. The van der Waals surface area contributed by atoms with E-state index in [0.29, 0.717) is 12.6 Å². The minimum atomic E-state index is -0.257. The Morgan fingerprint density at radius 3 is 2.54 bits per heavy atom. The summed E-state index contributed by atoms with van der Waals surface area (Å²) >= 11 is 1.95. The van der Waals surface area contributed by atoms with E-state index in [1.54, 1.807) is 0 Å². The number of nitrogens with two attached hydrogens (primary N) is 1. The molecule has 1 aliphatic rings. The molecule has 0 aromatic rings. The van der Waals surface area contributed by atoms with Gasteiger partial charge < -0.3 is 11.1 Å². The summed E-state index contributed by atoms with van der Waals surface area (Å²) in [5.41, 5.74) is 5.06. The van der Waals surface area contributed by atoms with E-state index in [4.69, 9.17) is 5.73 Å². The van der Waals surface area contributed by atoms with Crippen molar-refractivity contribution in [3.05, 3.63) is 0 Å². The summed E-state index contributed by atoms with van der Waals surface area (Å²) in [5.74, 6) is -0.257. The second-order valence-corrected chi connectivity index (χ2v) is 4.69. The molecule has 0 aliphatic heterocycles. The summed E-state index contributed by atoms with van der Waals surface area (Å²) in [5, 5.41) is 4.01. The van der Waals surface area contributed by atoms with Gasteiger partial charge >= 0.3 is 0 Å². The van der Waals surface area contributed by atoms with Crippen LogP contribution >= 0.6 is 11.8 Å². The van der Waals surface area contributed by atoms with Crippen molar-refractivity contribution in [1.82, 2.24) is 5.32 Å². The molecule has 3 N–H and O–H groups in total. The molecule has 1 amide bonds. The standard InChI is InChI=1S/C9H18N2OS/c1-13-8-4-2-7(3-5-8)11-6-9(10)12/h7-8,11H,2-6H2,1H3,(H2,10,12). The van der Waals surface area contributed by atoms with Gasteiger partial charge in [0, 0.05) is 11.3 Å². The Morgan fingerprint density at radius 1 is 1.46 bits per heavy atom. The van der Waals surface area contributed by atoms with Gasteiger partial charge in [-0.15, -0.1) is 0 Å². The highest BCUT2D eigenvalue weighted by Crippen LogP contribution is 2.26. The average molecular weight is 202 g/mol. The summed E-state index contributed by atoms with van der Waals surface area (Å²) in [6.45, 7) is 0.328. The molecule has 0 saturated heterocycles. The maximum atomic E-state index is 10.5. The predicted molar refractivity (Wildman–Crippen MR) is 56.8 cm³/mol. The van der Waals surface area contributed by atoms with Gasteiger partial charge in [0.15, 0.2) is 0 Å². The molecule has 0 aromatic carbocycles. The fourth-order valence-corrected chi connectivity index (χ4v) is 2.49. The fraction of sp³-hybridized carbons (Fsp3) is 0.889. The number of amides is 1. The maximum absolute atomic E-state index is 10.5. The third-order valence-electron chi connectivity index (χ3n) is 2.57. The molecule has 0 spiro atoms. The number of hydrogen-bond donors (Lipinski definition) is 2. The molecule has 13 heavy (non-hydrogen) atoms. The van der Waals surface area contributed by atoms with Crippen LogP contribution in [-0.2, 0) is 4.79 Å². The Kier molecular flexibility index (Phi) is 4.59. The first kappa shape index (κ1) is 10.9. The molecule has 1 aliphatic carbocycles. The number of thioether (sulfide) groups is 1. The van der Waals surface area contributed by atoms with Gasteiger partial charge in [-0.2, -0.15) is 11.8 Å². The normalized spacial score (nSPS) is 28.7. The molecule has 4 heteroatoms. The Hall–Kier alpha value is -0.220. The van der Waals surface area contributed by atoms with Gasteiger partial charge in [-0.3, -0.25) is 4.79 Å². The van der Waals surface area contributed by atoms with Crippen LogP contribution in [0.3, 0.4) is 0 Å². The number of primary amides is 1. The monoisotopic (exact) mass is 202 g/mol. The molecule has 0 bridgehead atoms. The van der Waals surface area contributed by atoms with Crippen LogP contribution in [0.5, 0.6) is 0 Å². The lowest BCUT2D eigenvalue weighted by Gasteiger charge is -2.27. The van der Waals surface area contributed by atoms with Gasteiger partial charge in [-0.05, 0) is 31.9 Å². The predicted octanol–water partition coefficient (Wildman–Crippen LogP) is 0.736. The molecule has 1 fully saturated rings. The van der Waals surface area contributed by atoms with Crippen molar-refractivity contribution >= 4 is 17.7 Å². The van der Waals surface area contributed by atoms with Crippen LogP contribution in [0.1, 0.15) is 25.7 Å². The Labute approximate surface area is 83.8 Å². The van der Waals surface area contributed by atoms with Gasteiger partial charge in [-0.1, -0.05) is 0 Å². The summed E-state index contributed by atoms with van der Waals surface area (Å²) in [6, 6.07) is 0.510. The lowest BCUT2D eigenvalue weighted by Crippen LogP contribution is -2.39. The van der Waals surface area contributed by atoms with E-state index < -0.39 is 0 Å². The molecule has 0 atom stereocenters. The Balaban J connectivity index is 2.14. The van der Waals surface area contributed by atoms with E-state index in [1.807, 2.05) is 11.8 Å². The van der Waals surface area contributed by atoms with E-state index >= 15 is 0 Å². The zero-order chi connectivity index (χ0) is 9.68. The summed E-state index contributed by atoms with van der Waals surface area (Å²) in [4.78, 5) is 10.5. The third kappa shape index (κ3) is 4.00. The van der Waals surface area contributed by atoms with Crippen molar-refractivity contribution in [3.63, 3.8) is 0 Å². The summed E-state index contributed by atoms with van der Waals surface area (Å²) in [7, 11) is 0. The van der Waals surface area contributed by atoms with Gasteiger partial charge in [0.2, 0.25) is 5.91 Å².